The van der Waals surface area contributed by atoms with Crippen molar-refractivity contribution in [3.8, 4) is 5.75 Å². The van der Waals surface area contributed by atoms with Gasteiger partial charge in [0.15, 0.2) is 17.2 Å². The van der Waals surface area contributed by atoms with Crippen LogP contribution in [0.2, 0.25) is 0 Å². The van der Waals surface area contributed by atoms with Gasteiger partial charge in [0.1, 0.15) is 5.39 Å². The molecule has 5 rings (SSSR count). The number of pyridine rings is 1. The van der Waals surface area contributed by atoms with Gasteiger partial charge < -0.3 is 19.7 Å². The van der Waals surface area contributed by atoms with E-state index in [4.69, 9.17) is 4.74 Å². The Bertz CT molecular complexity index is 1530. The summed E-state index contributed by atoms with van der Waals surface area (Å²) in [6, 6.07) is 16.3. The number of ketones is 1. The number of hydrogen-bond donors (Lipinski definition) is 2. The Morgan fingerprint density at radius 1 is 1.03 bits per heavy atom. The summed E-state index contributed by atoms with van der Waals surface area (Å²) in [4.78, 5) is 40.5. The smallest absolute Gasteiger partial charge is 0.272 e. The van der Waals surface area contributed by atoms with Gasteiger partial charge in [0.25, 0.3) is 11.5 Å². The minimum atomic E-state index is -0.382. The molecule has 0 bridgehead atoms. The maximum atomic E-state index is 13.9. The maximum Gasteiger partial charge on any atom is 0.272 e. The summed E-state index contributed by atoms with van der Waals surface area (Å²) in [6.45, 7) is 0.0385. The van der Waals surface area contributed by atoms with E-state index in [1.165, 1.54) is 11.7 Å². The Labute approximate surface area is 214 Å². The average molecular weight is 502 g/mol. The third-order valence-corrected chi connectivity index (χ3v) is 7.52. The van der Waals surface area contributed by atoms with E-state index in [-0.39, 0.29) is 59.2 Å². The molecule has 1 saturated carbocycles. The number of aromatic nitrogens is 2. The summed E-state index contributed by atoms with van der Waals surface area (Å²) >= 11 is 0. The van der Waals surface area contributed by atoms with Gasteiger partial charge in [-0.2, -0.15) is 0 Å². The number of amides is 1. The van der Waals surface area contributed by atoms with Crippen LogP contribution in [0.4, 0.5) is 0 Å². The molecule has 0 aliphatic heterocycles. The number of aliphatic hydroxyl groups is 1. The van der Waals surface area contributed by atoms with Crippen LogP contribution in [0.3, 0.4) is 0 Å². The minimum absolute atomic E-state index is 0.00471. The second-order valence-electron chi connectivity index (χ2n) is 9.74. The summed E-state index contributed by atoms with van der Waals surface area (Å²) in [5.74, 6) is -0.00334. The van der Waals surface area contributed by atoms with Crippen LogP contribution in [0.1, 0.15) is 46.5 Å². The zero-order valence-corrected chi connectivity index (χ0v) is 21.1. The van der Waals surface area contributed by atoms with Gasteiger partial charge in [-0.1, -0.05) is 48.5 Å². The van der Waals surface area contributed by atoms with E-state index < -0.39 is 0 Å². The highest BCUT2D eigenvalue weighted by Gasteiger charge is 2.30. The number of carbonyl (C=O) groups is 2. The molecule has 2 heterocycles. The normalized spacial score (nSPS) is 17.7. The molecule has 4 aromatic rings. The van der Waals surface area contributed by atoms with Crippen LogP contribution in [0.15, 0.2) is 59.4 Å². The Morgan fingerprint density at radius 3 is 2.38 bits per heavy atom. The number of benzene rings is 2. The van der Waals surface area contributed by atoms with Crippen LogP contribution in [0.5, 0.6) is 5.75 Å². The van der Waals surface area contributed by atoms with Crippen molar-refractivity contribution in [1.29, 1.82) is 0 Å². The molecule has 0 radical (unpaired) electrons. The Kier molecular flexibility index (Phi) is 6.84. The fourth-order valence-corrected chi connectivity index (χ4v) is 5.54. The highest BCUT2D eigenvalue weighted by molar-refractivity contribution is 6.12. The average Bonchev–Trinajstić information content (AvgIpc) is 3.24. The van der Waals surface area contributed by atoms with Gasteiger partial charge in [-0.15, -0.1) is 0 Å². The predicted molar refractivity (Wildman–Crippen MR) is 142 cm³/mol. The van der Waals surface area contributed by atoms with Crippen LogP contribution in [-0.2, 0) is 13.6 Å². The van der Waals surface area contributed by atoms with Gasteiger partial charge >= 0.3 is 0 Å². The fraction of sp³-hybridized carbons (Fsp3) is 0.345. The molecule has 192 valence electrons. The number of para-hydroxylation sites is 1. The van der Waals surface area contributed by atoms with Crippen molar-refractivity contribution in [1.82, 2.24) is 14.5 Å². The quantitative estimate of drug-likeness (QED) is 0.376. The summed E-state index contributed by atoms with van der Waals surface area (Å²) < 4.78 is 8.87. The van der Waals surface area contributed by atoms with Crippen molar-refractivity contribution in [2.45, 2.75) is 38.3 Å². The summed E-state index contributed by atoms with van der Waals surface area (Å²) in [5.41, 5.74) is 1.62. The van der Waals surface area contributed by atoms with Crippen molar-refractivity contribution in [3.63, 3.8) is 0 Å². The molecule has 1 aliphatic carbocycles. The van der Waals surface area contributed by atoms with Gasteiger partial charge in [-0.25, -0.2) is 0 Å². The Balaban J connectivity index is 1.62. The van der Waals surface area contributed by atoms with E-state index in [0.717, 1.165) is 31.1 Å². The topological polar surface area (TPSA) is 103 Å². The first kappa shape index (κ1) is 24.8. The number of ether oxygens (including phenoxy) is 1. The first-order valence-electron chi connectivity index (χ1n) is 12.6. The van der Waals surface area contributed by atoms with Gasteiger partial charge in [-0.3, -0.25) is 19.0 Å². The number of carbonyl (C=O) groups excluding carboxylic acids is 2. The molecule has 37 heavy (non-hydrogen) atoms. The first-order chi connectivity index (χ1) is 17.9. The molecule has 2 aromatic carbocycles. The Morgan fingerprint density at radius 2 is 1.70 bits per heavy atom. The lowest BCUT2D eigenvalue weighted by molar-refractivity contribution is 0.0902. The molecule has 1 amide bonds. The van der Waals surface area contributed by atoms with Crippen molar-refractivity contribution in [2.24, 2.45) is 13.0 Å². The summed E-state index contributed by atoms with van der Waals surface area (Å²) in [5, 5.41) is 13.6. The van der Waals surface area contributed by atoms with Crippen molar-refractivity contribution in [2.75, 3.05) is 13.7 Å². The number of rotatable bonds is 7. The van der Waals surface area contributed by atoms with Crippen LogP contribution in [0, 0.1) is 5.92 Å². The van der Waals surface area contributed by atoms with Gasteiger partial charge in [-0.05, 0) is 37.7 Å². The lowest BCUT2D eigenvalue weighted by Crippen LogP contribution is -2.38. The fourth-order valence-electron chi connectivity index (χ4n) is 5.54. The van der Waals surface area contributed by atoms with E-state index in [0.29, 0.717) is 16.6 Å². The summed E-state index contributed by atoms with van der Waals surface area (Å²) in [6.07, 6.45) is 3.30. The molecule has 0 unspecified atom stereocenters. The lowest BCUT2D eigenvalue weighted by Gasteiger charge is -2.28. The Hall–Kier alpha value is -3.91. The maximum absolute atomic E-state index is 13.9. The van der Waals surface area contributed by atoms with Gasteiger partial charge in [0, 0.05) is 30.6 Å². The summed E-state index contributed by atoms with van der Waals surface area (Å²) in [7, 11) is 3.21. The molecule has 0 atom stereocenters. The molecule has 0 spiro atoms. The third kappa shape index (κ3) is 4.42. The highest BCUT2D eigenvalue weighted by atomic mass is 16.5. The third-order valence-electron chi connectivity index (χ3n) is 7.52. The van der Waals surface area contributed by atoms with E-state index in [1.54, 1.807) is 35.9 Å². The standard InChI is InChI=1S/C29H31N3O5/c1-31-25-21-10-6-7-11-22(21)32(16-23(34)19-8-4-3-5-9-19)29(36)24(25)27(37-2)26(31)28(35)30-20-14-12-18(17-33)13-15-20/h3-11,18,20,33H,12-17H2,1-2H3,(H,30,35). The molecule has 1 aliphatic rings. The van der Waals surface area contributed by atoms with Crippen molar-refractivity contribution < 1.29 is 19.4 Å². The van der Waals surface area contributed by atoms with Crippen LogP contribution in [-0.4, -0.2) is 45.7 Å². The zero-order chi connectivity index (χ0) is 26.1. The number of aliphatic hydroxyl groups excluding tert-OH is 1. The number of hydrogen-bond acceptors (Lipinski definition) is 5. The highest BCUT2D eigenvalue weighted by Crippen LogP contribution is 2.35. The number of methoxy groups -OCH3 is 1. The molecule has 1 fully saturated rings. The van der Waals surface area contributed by atoms with E-state index >= 15 is 0 Å². The van der Waals surface area contributed by atoms with Crippen LogP contribution >= 0.6 is 0 Å². The first-order valence-corrected chi connectivity index (χ1v) is 12.6. The largest absolute Gasteiger partial charge is 0.493 e. The lowest BCUT2D eigenvalue weighted by atomic mass is 9.86. The van der Waals surface area contributed by atoms with Crippen LogP contribution < -0.4 is 15.6 Å². The molecule has 2 N–H and O–H groups in total. The molecule has 8 heteroatoms. The predicted octanol–water partition coefficient (Wildman–Crippen LogP) is 3.67. The zero-order valence-electron chi connectivity index (χ0n) is 21.1. The molecular formula is C29H31N3O5. The molecular weight excluding hydrogens is 470 g/mol. The van der Waals surface area contributed by atoms with Crippen molar-refractivity contribution in [3.05, 3.63) is 76.2 Å². The SMILES string of the molecule is COc1c(C(=O)NC2CCC(CO)CC2)n(C)c2c1c(=O)n(CC(=O)c1ccccc1)c1ccccc21. The number of Topliss-reactive ketones (excluding diaryl/α,β-unsaturated/α-hetero) is 1. The number of nitrogens with zero attached hydrogens (tertiary/aromatic N) is 2. The second kappa shape index (κ2) is 10.2. The van der Waals surface area contributed by atoms with E-state index in [2.05, 4.69) is 5.32 Å². The molecule has 8 nitrogen and oxygen atoms in total. The number of aryl methyl sites for hydroxylation is 1. The number of fused-ring (bicyclic) bond motifs is 3. The van der Waals surface area contributed by atoms with Crippen molar-refractivity contribution >= 4 is 33.5 Å². The van der Waals surface area contributed by atoms with E-state index in [1.807, 2.05) is 30.3 Å². The minimum Gasteiger partial charge on any atom is -0.493 e. The monoisotopic (exact) mass is 501 g/mol. The number of nitrogens with one attached hydrogen (secondary N) is 1. The second-order valence-corrected chi connectivity index (χ2v) is 9.74. The van der Waals surface area contributed by atoms with Crippen LogP contribution in [0.25, 0.3) is 21.8 Å². The molecule has 2 aromatic heterocycles. The van der Waals surface area contributed by atoms with E-state index in [9.17, 15) is 19.5 Å². The van der Waals surface area contributed by atoms with Gasteiger partial charge in [0.2, 0.25) is 0 Å². The van der Waals surface area contributed by atoms with Gasteiger partial charge in [0.05, 0.1) is 24.7 Å². The molecule has 0 saturated heterocycles.